The Morgan fingerprint density at radius 2 is 0.861 bits per heavy atom. The molecule has 3 aromatic carbocycles. The molecule has 2 fully saturated rings. The van der Waals surface area contributed by atoms with Crippen LogP contribution in [-0.2, 0) is 28.7 Å². The minimum absolute atomic E-state index is 0.0524. The van der Waals surface area contributed by atoms with Crippen LogP contribution in [0.25, 0.3) is 0 Å². The molecule has 2 aliphatic rings. The second kappa shape index (κ2) is 22.1. The Kier molecular flexibility index (Phi) is 17.2. The first kappa shape index (κ1) is 55.9. The molecule has 0 spiro atoms. The zero-order valence-electron chi connectivity index (χ0n) is 43.6. The van der Waals surface area contributed by atoms with Crippen LogP contribution >= 0.6 is 0 Å². The monoisotopic (exact) mass is 993 g/mol. The van der Waals surface area contributed by atoms with E-state index in [0.717, 1.165) is 13.8 Å². The molecule has 5 rings (SSSR count). The smallest absolute Gasteiger partial charge is 0.340 e. The van der Waals surface area contributed by atoms with Gasteiger partial charge in [-0.05, 0) is 168 Å². The number of esters is 2. The fourth-order valence-electron chi connectivity index (χ4n) is 9.83. The van der Waals surface area contributed by atoms with Gasteiger partial charge in [-0.1, -0.05) is 0 Å². The number of carbonyl (C=O) groups excluding carboxylic acids is 8. The molecular formula is C52H68N10O10. The summed E-state index contributed by atoms with van der Waals surface area (Å²) in [5.74, 6) is -5.46. The highest BCUT2D eigenvalue weighted by molar-refractivity contribution is 6.12. The van der Waals surface area contributed by atoms with Crippen LogP contribution in [-0.4, -0.2) is 108 Å². The first-order valence-corrected chi connectivity index (χ1v) is 23.6. The van der Waals surface area contributed by atoms with Crippen molar-refractivity contribution < 1.29 is 47.8 Å². The number of nitrogens with zero attached hydrogens (tertiary/aromatic N) is 4. The lowest BCUT2D eigenvalue weighted by atomic mass is 9.79. The van der Waals surface area contributed by atoms with Gasteiger partial charge in [-0.25, -0.2) is 9.59 Å². The maximum absolute atomic E-state index is 13.7. The summed E-state index contributed by atoms with van der Waals surface area (Å²) in [5, 5.41) is 35.0. The zero-order valence-corrected chi connectivity index (χ0v) is 43.6. The van der Waals surface area contributed by atoms with Crippen LogP contribution in [0.15, 0.2) is 69.0 Å². The standard InChI is InChI=1S/C52H68N10O10/c1-27-19-38(56-46(68)42(30(4)64)60-58-40-22-32(16-18-36(40)48(70)72-14)44(66)54-34-25-51(9,10)62-52(11,12)26-34)28(2)20-37(27)55-45(67)41(29(3)63)59-57-39-21-31(15-17-35(39)47(69)71-13)43(65)53-33-23-49(5,6)61-50(7,8)24-33/h15-22,33-34,41-42,61-62H,23-26H2,1-14H3,(H,53,65)(H,54,66)(H,55,67)(H,56,68). The number of benzene rings is 3. The molecule has 2 saturated heterocycles. The molecule has 3 aromatic rings. The predicted octanol–water partition coefficient (Wildman–Crippen LogP) is 7.31. The van der Waals surface area contributed by atoms with E-state index in [1.165, 1.54) is 62.8 Å². The van der Waals surface area contributed by atoms with Crippen LogP contribution in [0, 0.1) is 13.8 Å². The lowest BCUT2D eigenvalue weighted by Gasteiger charge is -2.46. The van der Waals surface area contributed by atoms with E-state index in [4.69, 9.17) is 9.47 Å². The van der Waals surface area contributed by atoms with Crippen LogP contribution in [0.2, 0.25) is 0 Å². The van der Waals surface area contributed by atoms with Gasteiger partial charge < -0.3 is 41.4 Å². The van der Waals surface area contributed by atoms with Gasteiger partial charge in [0.1, 0.15) is 11.4 Å². The third-order valence-corrected chi connectivity index (χ3v) is 12.3. The molecule has 386 valence electrons. The van der Waals surface area contributed by atoms with Gasteiger partial charge in [0.25, 0.3) is 23.6 Å². The molecule has 0 saturated carbocycles. The highest BCUT2D eigenvalue weighted by Gasteiger charge is 2.40. The summed E-state index contributed by atoms with van der Waals surface area (Å²) in [6, 6.07) is 7.71. The number of ether oxygens (including phenoxy) is 2. The summed E-state index contributed by atoms with van der Waals surface area (Å²) in [6.45, 7) is 22.1. The molecule has 2 atom stereocenters. The SMILES string of the molecule is COC(=O)c1ccc(C(=O)NC2CC(C)(C)NC(C)(C)C2)cc1N=NC(C(C)=O)C(=O)Nc1cc(C)c(NC(=O)C(N=Nc2cc(C(=O)NC3CC(C)(C)NC(C)(C)C3)ccc2C(=O)OC)C(C)=O)cc1C. The van der Waals surface area contributed by atoms with Crippen molar-refractivity contribution in [2.24, 2.45) is 20.5 Å². The molecule has 6 N–H and O–H groups in total. The molecule has 2 heterocycles. The Morgan fingerprint density at radius 3 is 1.15 bits per heavy atom. The van der Waals surface area contributed by atoms with Crippen molar-refractivity contribution >= 4 is 69.9 Å². The van der Waals surface area contributed by atoms with Crippen molar-refractivity contribution in [1.82, 2.24) is 21.3 Å². The Bertz CT molecular complexity index is 2510. The number of methoxy groups -OCH3 is 2. The third kappa shape index (κ3) is 14.5. The van der Waals surface area contributed by atoms with E-state index < -0.39 is 59.2 Å². The van der Waals surface area contributed by atoms with Gasteiger partial charge in [-0.3, -0.25) is 28.8 Å². The van der Waals surface area contributed by atoms with Gasteiger partial charge in [0, 0.05) is 56.7 Å². The fourth-order valence-corrected chi connectivity index (χ4v) is 9.83. The van der Waals surface area contributed by atoms with Crippen molar-refractivity contribution in [3.8, 4) is 0 Å². The molecule has 4 amide bonds. The second-order valence-corrected chi connectivity index (χ2v) is 21.3. The Morgan fingerprint density at radius 1 is 0.542 bits per heavy atom. The number of rotatable bonds is 16. The van der Waals surface area contributed by atoms with Gasteiger partial charge in [0.05, 0.1) is 25.3 Å². The number of amides is 4. The quantitative estimate of drug-likeness (QED) is 0.0468. The van der Waals surface area contributed by atoms with Crippen molar-refractivity contribution in [1.29, 1.82) is 0 Å². The van der Waals surface area contributed by atoms with E-state index in [9.17, 15) is 38.4 Å². The predicted molar refractivity (Wildman–Crippen MR) is 270 cm³/mol. The molecule has 0 radical (unpaired) electrons. The number of Topliss-reactive ketones (excluding diaryl/α,β-unsaturated/α-hetero) is 2. The van der Waals surface area contributed by atoms with Crippen LogP contribution in [0.5, 0.6) is 0 Å². The molecule has 0 aromatic heterocycles. The van der Waals surface area contributed by atoms with Crippen molar-refractivity contribution in [2.75, 3.05) is 24.9 Å². The van der Waals surface area contributed by atoms with Gasteiger partial charge in [0.2, 0.25) is 12.1 Å². The first-order valence-electron chi connectivity index (χ1n) is 23.6. The summed E-state index contributed by atoms with van der Waals surface area (Å²) in [4.78, 5) is 106. The Balaban J connectivity index is 1.32. The van der Waals surface area contributed by atoms with E-state index in [2.05, 4.69) is 108 Å². The van der Waals surface area contributed by atoms with Crippen LogP contribution in [0.3, 0.4) is 0 Å². The second-order valence-electron chi connectivity index (χ2n) is 21.3. The lowest BCUT2D eigenvalue weighted by Crippen LogP contribution is -2.62. The molecule has 0 aliphatic carbocycles. The minimum atomic E-state index is -1.68. The summed E-state index contributed by atoms with van der Waals surface area (Å²) in [7, 11) is 2.35. The minimum Gasteiger partial charge on any atom is -0.465 e. The number of nitrogens with one attached hydrogen (secondary N) is 6. The molecule has 2 unspecified atom stereocenters. The lowest BCUT2D eigenvalue weighted by molar-refractivity contribution is -0.127. The number of piperidine rings is 2. The number of carbonyl (C=O) groups is 8. The van der Waals surface area contributed by atoms with Gasteiger partial charge in [-0.2, -0.15) is 20.5 Å². The van der Waals surface area contributed by atoms with Gasteiger partial charge in [0.15, 0.2) is 11.6 Å². The number of ketones is 2. The third-order valence-electron chi connectivity index (χ3n) is 12.3. The van der Waals surface area contributed by atoms with Gasteiger partial charge >= 0.3 is 11.9 Å². The molecule has 20 heteroatoms. The fraction of sp³-hybridized carbons (Fsp3) is 0.500. The summed E-state index contributed by atoms with van der Waals surface area (Å²) < 4.78 is 9.84. The summed E-state index contributed by atoms with van der Waals surface area (Å²) in [6.07, 6.45) is 2.69. The largest absolute Gasteiger partial charge is 0.465 e. The number of anilines is 2. The number of aryl methyl sites for hydroxylation is 2. The normalized spacial score (nSPS) is 18.1. The first-order chi connectivity index (χ1) is 33.4. The van der Waals surface area contributed by atoms with E-state index in [0.29, 0.717) is 36.8 Å². The number of azo groups is 2. The molecule has 0 bridgehead atoms. The van der Waals surface area contributed by atoms with Crippen LogP contribution < -0.4 is 31.9 Å². The van der Waals surface area contributed by atoms with Crippen molar-refractivity contribution in [2.45, 2.75) is 155 Å². The topological polar surface area (TPSA) is 277 Å². The number of hydrogen-bond acceptors (Lipinski definition) is 16. The highest BCUT2D eigenvalue weighted by atomic mass is 16.5. The highest BCUT2D eigenvalue weighted by Crippen LogP contribution is 2.32. The Hall–Kier alpha value is -7.06. The average Bonchev–Trinajstić information content (AvgIpc) is 3.25. The molecule has 2 aliphatic heterocycles. The van der Waals surface area contributed by atoms with Crippen LogP contribution in [0.1, 0.15) is 147 Å². The van der Waals surface area contributed by atoms with E-state index in [-0.39, 0.29) is 79.2 Å². The molecule has 20 nitrogen and oxygen atoms in total. The van der Waals surface area contributed by atoms with E-state index >= 15 is 0 Å². The molecule has 72 heavy (non-hydrogen) atoms. The Labute approximate surface area is 420 Å². The maximum Gasteiger partial charge on any atom is 0.340 e. The average molecular weight is 993 g/mol. The van der Waals surface area contributed by atoms with Crippen molar-refractivity contribution in [3.63, 3.8) is 0 Å². The van der Waals surface area contributed by atoms with Gasteiger partial charge in [-0.15, -0.1) is 0 Å². The molecular weight excluding hydrogens is 925 g/mol. The summed E-state index contributed by atoms with van der Waals surface area (Å²) in [5.41, 5.74) is 0.481. The van der Waals surface area contributed by atoms with Crippen LogP contribution in [0.4, 0.5) is 22.7 Å². The summed E-state index contributed by atoms with van der Waals surface area (Å²) >= 11 is 0. The van der Waals surface area contributed by atoms with E-state index in [1.54, 1.807) is 13.8 Å². The zero-order chi connectivity index (χ0) is 53.7. The van der Waals surface area contributed by atoms with Crippen molar-refractivity contribution in [3.05, 3.63) is 81.9 Å². The van der Waals surface area contributed by atoms with E-state index in [1.807, 2.05) is 0 Å². The maximum atomic E-state index is 13.7. The number of hydrogen-bond donors (Lipinski definition) is 6.